The number of fused-ring (bicyclic) bond motifs is 2. The second-order valence-corrected chi connectivity index (χ2v) is 13.6. The molecule has 12 nitrogen and oxygen atoms in total. The summed E-state index contributed by atoms with van der Waals surface area (Å²) in [4.78, 5) is 64.0. The van der Waals surface area contributed by atoms with E-state index in [1.165, 1.54) is 42.8 Å². The molecule has 4 amide bonds. The highest BCUT2D eigenvalue weighted by molar-refractivity contribution is 6.34. The third-order valence-corrected chi connectivity index (χ3v) is 7.66. The van der Waals surface area contributed by atoms with Crippen molar-refractivity contribution in [3.63, 3.8) is 0 Å². The summed E-state index contributed by atoms with van der Waals surface area (Å²) in [6, 6.07) is 9.44. The Morgan fingerprint density at radius 1 is 1.04 bits per heavy atom. The predicted molar refractivity (Wildman–Crippen MR) is 188 cm³/mol. The van der Waals surface area contributed by atoms with E-state index in [9.17, 15) is 19.2 Å². The number of aromatic nitrogens is 1. The molecule has 0 atom stereocenters. The molecule has 0 bridgehead atoms. The Labute approximate surface area is 289 Å². The van der Waals surface area contributed by atoms with Crippen LogP contribution in [0.5, 0.6) is 0 Å². The van der Waals surface area contributed by atoms with E-state index in [4.69, 9.17) is 14.2 Å². The van der Waals surface area contributed by atoms with E-state index < -0.39 is 41.0 Å². The monoisotopic (exact) mass is 685 g/mol. The molecule has 13 heteroatoms. The van der Waals surface area contributed by atoms with Crippen LogP contribution in [0.4, 0.5) is 25.5 Å². The molecule has 0 aliphatic carbocycles. The summed E-state index contributed by atoms with van der Waals surface area (Å²) < 4.78 is 33.7. The zero-order valence-corrected chi connectivity index (χ0v) is 29.3. The summed E-state index contributed by atoms with van der Waals surface area (Å²) in [5.41, 5.74) is -0.304. The van der Waals surface area contributed by atoms with Crippen LogP contribution >= 0.6 is 0 Å². The van der Waals surface area contributed by atoms with Gasteiger partial charge in [-0.05, 0) is 83.2 Å². The number of nitrogens with one attached hydrogen (secondary N) is 1. The van der Waals surface area contributed by atoms with Crippen molar-refractivity contribution in [3.8, 4) is 0 Å². The molecule has 0 spiro atoms. The van der Waals surface area contributed by atoms with Gasteiger partial charge >= 0.3 is 12.2 Å². The Hall–Kier alpha value is -5.59. The number of rotatable bonds is 6. The molecule has 2 aromatic carbocycles. The van der Waals surface area contributed by atoms with Gasteiger partial charge in [0.1, 0.15) is 29.9 Å². The van der Waals surface area contributed by atoms with Crippen molar-refractivity contribution in [2.75, 3.05) is 30.4 Å². The van der Waals surface area contributed by atoms with Crippen LogP contribution in [0.2, 0.25) is 0 Å². The predicted octanol–water partition coefficient (Wildman–Crippen LogP) is 7.49. The van der Waals surface area contributed by atoms with Gasteiger partial charge in [-0.25, -0.2) is 23.9 Å². The van der Waals surface area contributed by atoms with Crippen LogP contribution in [0.15, 0.2) is 65.1 Å². The highest BCUT2D eigenvalue weighted by Gasteiger charge is 2.37. The number of pyridine rings is 1. The van der Waals surface area contributed by atoms with Crippen molar-refractivity contribution in [2.24, 2.45) is 4.99 Å². The van der Waals surface area contributed by atoms with Crippen molar-refractivity contribution < 1.29 is 37.8 Å². The first kappa shape index (κ1) is 35.7. The number of carbonyl (C=O) groups is 4. The number of amides is 4. The quantitative estimate of drug-likeness (QED) is 0.208. The third kappa shape index (κ3) is 7.21. The van der Waals surface area contributed by atoms with Gasteiger partial charge in [0.2, 0.25) is 0 Å². The molecule has 1 N–H and O–H groups in total. The lowest BCUT2D eigenvalue weighted by Gasteiger charge is -2.32. The first-order valence-corrected chi connectivity index (χ1v) is 16.1. The molecule has 1 aromatic heterocycles. The number of halogens is 1. The van der Waals surface area contributed by atoms with Crippen LogP contribution in [0.1, 0.15) is 81.2 Å². The summed E-state index contributed by atoms with van der Waals surface area (Å²) in [5.74, 6) is -1.93. The molecular weight excluding hydrogens is 645 g/mol. The van der Waals surface area contributed by atoms with Crippen molar-refractivity contribution >= 4 is 58.1 Å². The molecule has 50 heavy (non-hydrogen) atoms. The molecule has 3 aromatic rings. The Bertz CT molecular complexity index is 1950. The highest BCUT2D eigenvalue weighted by atomic mass is 19.1. The number of allylic oxidation sites excluding steroid dienone is 2. The van der Waals surface area contributed by atoms with Crippen LogP contribution in [0, 0.1) is 5.82 Å². The Balaban J connectivity index is 1.73. The molecule has 0 fully saturated rings. The number of imide groups is 1. The minimum absolute atomic E-state index is 0.00105. The Morgan fingerprint density at radius 2 is 1.68 bits per heavy atom. The van der Waals surface area contributed by atoms with E-state index in [0.717, 1.165) is 4.90 Å². The number of carbonyl (C=O) groups excluding carboxylic acids is 4. The van der Waals surface area contributed by atoms with E-state index in [-0.39, 0.29) is 52.3 Å². The van der Waals surface area contributed by atoms with Crippen molar-refractivity contribution in [1.29, 1.82) is 0 Å². The van der Waals surface area contributed by atoms with E-state index in [1.54, 1.807) is 65.8 Å². The molecule has 0 saturated carbocycles. The number of nitrogens with zero attached hydrogens (tertiary/aromatic N) is 4. The van der Waals surface area contributed by atoms with Gasteiger partial charge in [0, 0.05) is 36.0 Å². The van der Waals surface area contributed by atoms with Crippen molar-refractivity contribution in [3.05, 3.63) is 82.6 Å². The standard InChI is InChI=1S/C37H40FN5O7/c1-9-22(28-20-48-15-14-42(28)35(47)50-37(5,6)7)27(18-39-8)25-16-21-17-29(43-32(44)23-12-10-11-13-24(23)33(43)45)40-19-26(21)31(30(25)38)41-34(46)49-36(2,3)4/h10-13,16-20H,9,14-15H2,1-8H3,(H,41,46)/b27-22+,39-18?. The van der Waals surface area contributed by atoms with E-state index >= 15 is 4.39 Å². The summed E-state index contributed by atoms with van der Waals surface area (Å²) in [6.45, 7) is 12.5. The lowest BCUT2D eigenvalue weighted by molar-refractivity contribution is 0.0239. The maximum absolute atomic E-state index is 16.9. The van der Waals surface area contributed by atoms with Crippen LogP contribution < -0.4 is 10.2 Å². The van der Waals surface area contributed by atoms with Crippen LogP contribution in [-0.4, -0.2) is 71.5 Å². The van der Waals surface area contributed by atoms with Crippen molar-refractivity contribution in [2.45, 2.75) is 66.1 Å². The van der Waals surface area contributed by atoms with Crippen LogP contribution in [-0.2, 0) is 14.2 Å². The van der Waals surface area contributed by atoms with Gasteiger partial charge in [-0.1, -0.05) is 19.1 Å². The SMILES string of the molecule is CC/C(C1=COCCN1C(=O)OC(C)(C)C)=C(/C=NC)c1cc2cc(N3C(=O)c4ccccc4C3=O)ncc2c(NC(=O)OC(C)(C)C)c1F. The van der Waals surface area contributed by atoms with Gasteiger partial charge in [-0.2, -0.15) is 0 Å². The zero-order valence-electron chi connectivity index (χ0n) is 29.3. The fraction of sp³-hybridized carbons (Fsp3) is 0.351. The topological polar surface area (TPSA) is 140 Å². The second kappa shape index (κ2) is 13.7. The number of ether oxygens (including phenoxy) is 3. The van der Waals surface area contributed by atoms with E-state index in [1.807, 2.05) is 6.92 Å². The molecule has 2 aliphatic rings. The normalized spacial score (nSPS) is 15.5. The summed E-state index contributed by atoms with van der Waals surface area (Å²) >= 11 is 0. The first-order valence-electron chi connectivity index (χ1n) is 16.1. The van der Waals surface area contributed by atoms with Gasteiger partial charge in [0.05, 0.1) is 29.1 Å². The molecule has 3 heterocycles. The van der Waals surface area contributed by atoms with Crippen LogP contribution in [0.25, 0.3) is 16.3 Å². The van der Waals surface area contributed by atoms with Gasteiger partial charge in [0.15, 0.2) is 5.82 Å². The molecular formula is C37H40FN5O7. The zero-order chi connectivity index (χ0) is 36.5. The number of hydrogen-bond acceptors (Lipinski definition) is 9. The third-order valence-electron chi connectivity index (χ3n) is 7.66. The van der Waals surface area contributed by atoms with Gasteiger partial charge < -0.3 is 14.2 Å². The maximum Gasteiger partial charge on any atom is 0.415 e. The lowest BCUT2D eigenvalue weighted by atomic mass is 9.93. The molecule has 0 unspecified atom stereocenters. The Morgan fingerprint density at radius 3 is 2.26 bits per heavy atom. The average Bonchev–Trinajstić information content (AvgIpc) is 3.29. The van der Waals surface area contributed by atoms with E-state index in [2.05, 4.69) is 15.3 Å². The summed E-state index contributed by atoms with van der Waals surface area (Å²) in [6.07, 6.45) is 2.96. The highest BCUT2D eigenvalue weighted by Crippen LogP contribution is 2.38. The van der Waals surface area contributed by atoms with Crippen molar-refractivity contribution in [1.82, 2.24) is 9.88 Å². The maximum atomic E-state index is 16.9. The number of aliphatic imine (C=N–C) groups is 1. The van der Waals surface area contributed by atoms with Gasteiger partial charge in [0.25, 0.3) is 11.8 Å². The first-order chi connectivity index (χ1) is 23.5. The largest absolute Gasteiger partial charge is 0.497 e. The fourth-order valence-corrected chi connectivity index (χ4v) is 5.66. The summed E-state index contributed by atoms with van der Waals surface area (Å²) in [5, 5.41) is 3.06. The Kier molecular flexibility index (Phi) is 9.81. The minimum Gasteiger partial charge on any atom is -0.497 e. The molecule has 262 valence electrons. The second-order valence-electron chi connectivity index (χ2n) is 13.6. The van der Waals surface area contributed by atoms with Gasteiger partial charge in [-0.3, -0.25) is 24.8 Å². The fourth-order valence-electron chi connectivity index (χ4n) is 5.66. The number of benzene rings is 2. The van der Waals surface area contributed by atoms with Gasteiger partial charge in [-0.15, -0.1) is 0 Å². The number of anilines is 2. The minimum atomic E-state index is -0.913. The average molecular weight is 686 g/mol. The lowest BCUT2D eigenvalue weighted by Crippen LogP contribution is -2.40. The molecule has 2 aliphatic heterocycles. The van der Waals surface area contributed by atoms with E-state index in [0.29, 0.717) is 23.1 Å². The molecule has 0 saturated heterocycles. The molecule has 0 radical (unpaired) electrons. The van der Waals surface area contributed by atoms with Crippen LogP contribution in [0.3, 0.4) is 0 Å². The molecule has 5 rings (SSSR count). The number of hydrogen-bond donors (Lipinski definition) is 1. The smallest absolute Gasteiger partial charge is 0.415 e. The summed E-state index contributed by atoms with van der Waals surface area (Å²) in [7, 11) is 1.52.